The Hall–Kier alpha value is -1.00. The molecule has 2 rings (SSSR count). The molecule has 0 saturated carbocycles. The van der Waals surface area contributed by atoms with Gasteiger partial charge in [0, 0.05) is 12.6 Å². The van der Waals surface area contributed by atoms with E-state index in [1.165, 1.54) is 12.5 Å². The first-order chi connectivity index (χ1) is 9.15. The van der Waals surface area contributed by atoms with Crippen LogP contribution >= 0.6 is 0 Å². The largest absolute Gasteiger partial charge is 0.378 e. The molecule has 1 aromatic rings. The maximum absolute atomic E-state index is 13.5. The monoisotopic (exact) mass is 269 g/mol. The van der Waals surface area contributed by atoms with Crippen molar-refractivity contribution in [1.29, 1.82) is 0 Å². The van der Waals surface area contributed by atoms with Crippen LogP contribution in [-0.2, 0) is 11.2 Å². The fraction of sp³-hybridized carbons (Fsp3) is 0.600. The fourth-order valence-corrected chi connectivity index (χ4v) is 2.52. The second kappa shape index (κ2) is 6.96. The molecule has 1 aromatic carbocycles. The maximum Gasteiger partial charge on any atom is 0.126 e. The van der Waals surface area contributed by atoms with Crippen molar-refractivity contribution >= 4 is 0 Å². The molecule has 4 heteroatoms. The van der Waals surface area contributed by atoms with Gasteiger partial charge in [-0.3, -0.25) is 0 Å². The molecule has 0 aliphatic carbocycles. The van der Waals surface area contributed by atoms with Crippen LogP contribution in [0.25, 0.3) is 0 Å². The molecule has 2 nitrogen and oxygen atoms in total. The number of rotatable bonds is 5. The lowest BCUT2D eigenvalue weighted by Gasteiger charge is -2.23. The minimum absolute atomic E-state index is 0.151. The molecular weight excluding hydrogens is 248 g/mol. The minimum Gasteiger partial charge on any atom is -0.378 e. The Morgan fingerprint density at radius 3 is 2.89 bits per heavy atom. The van der Waals surface area contributed by atoms with Crippen molar-refractivity contribution in [2.24, 2.45) is 5.73 Å². The van der Waals surface area contributed by atoms with Crippen molar-refractivity contribution < 1.29 is 13.5 Å². The van der Waals surface area contributed by atoms with Crippen molar-refractivity contribution in [2.45, 2.75) is 50.7 Å². The molecule has 2 N–H and O–H groups in total. The normalized spacial score (nSPS) is 21.3. The summed E-state index contributed by atoms with van der Waals surface area (Å²) in [5, 5.41) is 0. The zero-order chi connectivity index (χ0) is 13.7. The molecule has 1 aliphatic rings. The molecule has 1 saturated heterocycles. The van der Waals surface area contributed by atoms with E-state index in [2.05, 4.69) is 0 Å². The molecule has 0 aromatic heterocycles. The first-order valence-corrected chi connectivity index (χ1v) is 6.96. The summed E-state index contributed by atoms with van der Waals surface area (Å²) in [6.45, 7) is 0.832. The van der Waals surface area contributed by atoms with Crippen LogP contribution in [0.15, 0.2) is 18.2 Å². The van der Waals surface area contributed by atoms with Gasteiger partial charge < -0.3 is 10.5 Å². The quantitative estimate of drug-likeness (QED) is 0.891. The summed E-state index contributed by atoms with van der Waals surface area (Å²) in [4.78, 5) is 0. The summed E-state index contributed by atoms with van der Waals surface area (Å²) in [6.07, 6.45) is 5.77. The van der Waals surface area contributed by atoms with Crippen molar-refractivity contribution in [3.8, 4) is 0 Å². The summed E-state index contributed by atoms with van der Waals surface area (Å²) in [5.41, 5.74) is 6.36. The van der Waals surface area contributed by atoms with Crippen LogP contribution in [-0.4, -0.2) is 18.8 Å². The van der Waals surface area contributed by atoms with Gasteiger partial charge >= 0.3 is 0 Å². The smallest absolute Gasteiger partial charge is 0.126 e. The van der Waals surface area contributed by atoms with Gasteiger partial charge in [-0.25, -0.2) is 8.78 Å². The number of halogens is 2. The van der Waals surface area contributed by atoms with Crippen molar-refractivity contribution in [1.82, 2.24) is 0 Å². The number of ether oxygens (including phenoxy) is 1. The number of hydrogen-bond acceptors (Lipinski definition) is 2. The van der Waals surface area contributed by atoms with E-state index in [9.17, 15) is 8.78 Å². The predicted octanol–water partition coefficient (Wildman–Crippen LogP) is 3.18. The van der Waals surface area contributed by atoms with E-state index in [1.54, 1.807) is 0 Å². The van der Waals surface area contributed by atoms with E-state index < -0.39 is 5.82 Å². The average molecular weight is 269 g/mol. The van der Waals surface area contributed by atoms with Gasteiger partial charge in [-0.15, -0.1) is 0 Å². The second-order valence-electron chi connectivity index (χ2n) is 5.27. The van der Waals surface area contributed by atoms with Crippen LogP contribution in [0.3, 0.4) is 0 Å². The Morgan fingerprint density at radius 1 is 1.32 bits per heavy atom. The average Bonchev–Trinajstić information content (AvgIpc) is 2.42. The Kier molecular flexibility index (Phi) is 5.28. The standard InChI is InChI=1S/C15H21F2NO/c16-12-4-7-15(17)11(9-12)10-13(18)5-6-14-3-1-2-8-19-14/h4,7,9,13-14H,1-3,5-6,8,10,18H2. The van der Waals surface area contributed by atoms with E-state index in [0.29, 0.717) is 12.0 Å². The minimum atomic E-state index is -0.417. The molecule has 2 unspecified atom stereocenters. The molecule has 0 spiro atoms. The van der Waals surface area contributed by atoms with E-state index >= 15 is 0 Å². The molecular formula is C15H21F2NO. The lowest BCUT2D eigenvalue weighted by Crippen LogP contribution is -2.27. The molecule has 0 bridgehead atoms. The highest BCUT2D eigenvalue weighted by Crippen LogP contribution is 2.19. The second-order valence-corrected chi connectivity index (χ2v) is 5.27. The van der Waals surface area contributed by atoms with E-state index in [1.807, 2.05) is 0 Å². The van der Waals surface area contributed by atoms with Crippen LogP contribution in [0.5, 0.6) is 0 Å². The summed E-state index contributed by atoms with van der Waals surface area (Å²) >= 11 is 0. The SMILES string of the molecule is NC(CCC1CCCCO1)Cc1cc(F)ccc1F. The van der Waals surface area contributed by atoms with Crippen molar-refractivity contribution in [3.05, 3.63) is 35.4 Å². The maximum atomic E-state index is 13.5. The zero-order valence-electron chi connectivity index (χ0n) is 11.1. The molecule has 106 valence electrons. The van der Waals surface area contributed by atoms with Crippen LogP contribution in [0.4, 0.5) is 8.78 Å². The van der Waals surface area contributed by atoms with Gasteiger partial charge in [0.15, 0.2) is 0 Å². The third-order valence-electron chi connectivity index (χ3n) is 3.62. The highest BCUT2D eigenvalue weighted by Gasteiger charge is 2.16. The number of nitrogens with two attached hydrogens (primary N) is 1. The van der Waals surface area contributed by atoms with E-state index in [4.69, 9.17) is 10.5 Å². The van der Waals surface area contributed by atoms with Crippen LogP contribution in [0.2, 0.25) is 0 Å². The lowest BCUT2D eigenvalue weighted by molar-refractivity contribution is 0.00915. The summed E-state index contributed by atoms with van der Waals surface area (Å²) in [7, 11) is 0. The van der Waals surface area contributed by atoms with E-state index in [0.717, 1.165) is 44.4 Å². The Bertz CT molecular complexity index is 405. The van der Waals surface area contributed by atoms with E-state index in [-0.39, 0.29) is 18.0 Å². The van der Waals surface area contributed by atoms with Crippen LogP contribution in [0.1, 0.15) is 37.7 Å². The molecule has 0 amide bonds. The summed E-state index contributed by atoms with van der Waals surface area (Å²) in [6, 6.07) is 3.36. The topological polar surface area (TPSA) is 35.2 Å². The molecule has 1 fully saturated rings. The van der Waals surface area contributed by atoms with Crippen molar-refractivity contribution in [3.63, 3.8) is 0 Å². The fourth-order valence-electron chi connectivity index (χ4n) is 2.52. The zero-order valence-corrected chi connectivity index (χ0v) is 11.1. The van der Waals surface area contributed by atoms with Crippen LogP contribution in [0, 0.1) is 11.6 Å². The van der Waals surface area contributed by atoms with Gasteiger partial charge in [-0.05, 0) is 62.3 Å². The third-order valence-corrected chi connectivity index (χ3v) is 3.62. The molecule has 19 heavy (non-hydrogen) atoms. The third kappa shape index (κ3) is 4.55. The van der Waals surface area contributed by atoms with Gasteiger partial charge in [-0.1, -0.05) is 0 Å². The molecule has 2 atom stereocenters. The Balaban J connectivity index is 1.80. The van der Waals surface area contributed by atoms with Gasteiger partial charge in [-0.2, -0.15) is 0 Å². The highest BCUT2D eigenvalue weighted by atomic mass is 19.1. The van der Waals surface area contributed by atoms with Gasteiger partial charge in [0.25, 0.3) is 0 Å². The van der Waals surface area contributed by atoms with Gasteiger partial charge in [0.05, 0.1) is 6.10 Å². The van der Waals surface area contributed by atoms with Gasteiger partial charge in [0.2, 0.25) is 0 Å². The Morgan fingerprint density at radius 2 is 2.16 bits per heavy atom. The number of hydrogen-bond donors (Lipinski definition) is 1. The highest BCUT2D eigenvalue weighted by molar-refractivity contribution is 5.19. The van der Waals surface area contributed by atoms with Crippen LogP contribution < -0.4 is 5.73 Å². The van der Waals surface area contributed by atoms with Crippen molar-refractivity contribution in [2.75, 3.05) is 6.61 Å². The Labute approximate surface area is 112 Å². The molecule has 1 heterocycles. The predicted molar refractivity (Wildman–Crippen MR) is 70.9 cm³/mol. The molecule has 0 radical (unpaired) electrons. The first-order valence-electron chi connectivity index (χ1n) is 6.96. The first kappa shape index (κ1) is 14.4. The summed E-state index contributed by atoms with van der Waals surface area (Å²) in [5.74, 6) is -0.801. The summed E-state index contributed by atoms with van der Waals surface area (Å²) < 4.78 is 32.2. The number of benzene rings is 1. The molecule has 1 aliphatic heterocycles. The van der Waals surface area contributed by atoms with Gasteiger partial charge in [0.1, 0.15) is 11.6 Å². The lowest BCUT2D eigenvalue weighted by atomic mass is 9.98.